The number of benzene rings is 3. The van der Waals surface area contributed by atoms with Crippen molar-refractivity contribution in [2.24, 2.45) is 0 Å². The summed E-state index contributed by atoms with van der Waals surface area (Å²) in [4.78, 5) is 26.5. The van der Waals surface area contributed by atoms with Crippen LogP contribution in [-0.4, -0.2) is 34.4 Å². The van der Waals surface area contributed by atoms with Crippen molar-refractivity contribution >= 4 is 23.1 Å². The van der Waals surface area contributed by atoms with Crippen molar-refractivity contribution < 1.29 is 14.0 Å². The van der Waals surface area contributed by atoms with Gasteiger partial charge in [-0.15, -0.1) is 0 Å². The number of halogens is 1. The molecule has 0 fully saturated rings. The number of hydrogen-bond donors (Lipinski definition) is 1. The van der Waals surface area contributed by atoms with Crippen molar-refractivity contribution in [3.05, 3.63) is 114 Å². The molecule has 5 rings (SSSR count). The number of hydrogen-bond acceptors (Lipinski definition) is 2. The second kappa shape index (κ2) is 11.3. The molecule has 0 saturated heterocycles. The number of carbonyl (C=O) groups excluding carboxylic acids is 2. The van der Waals surface area contributed by atoms with Gasteiger partial charge in [0.25, 0.3) is 0 Å². The van der Waals surface area contributed by atoms with E-state index >= 15 is 0 Å². The van der Waals surface area contributed by atoms with Gasteiger partial charge in [0.1, 0.15) is 5.82 Å². The summed E-state index contributed by atoms with van der Waals surface area (Å²) < 4.78 is 15.7. The van der Waals surface area contributed by atoms with Crippen LogP contribution in [0.3, 0.4) is 0 Å². The fourth-order valence-corrected chi connectivity index (χ4v) is 4.93. The lowest BCUT2D eigenvalue weighted by molar-refractivity contribution is -0.130. The summed E-state index contributed by atoms with van der Waals surface area (Å²) in [7, 11) is 0. The largest absolute Gasteiger partial charge is 0.339 e. The van der Waals surface area contributed by atoms with E-state index in [4.69, 9.17) is 0 Å². The molecule has 3 aromatic carbocycles. The number of aryl methyl sites for hydroxylation is 1. The maximum atomic E-state index is 13.6. The van der Waals surface area contributed by atoms with Gasteiger partial charge in [-0.05, 0) is 90.2 Å². The second-order valence-corrected chi connectivity index (χ2v) is 9.47. The average molecular weight is 508 g/mol. The van der Waals surface area contributed by atoms with Crippen LogP contribution in [0.5, 0.6) is 0 Å². The molecule has 1 N–H and O–H groups in total. The van der Waals surface area contributed by atoms with Gasteiger partial charge in [0.05, 0.1) is 5.69 Å². The molecule has 0 spiro atoms. The maximum Gasteiger partial charge on any atom is 0.223 e. The molecular formula is C32H30FN3O2. The molecule has 0 radical (unpaired) electrons. The van der Waals surface area contributed by atoms with Gasteiger partial charge in [0, 0.05) is 43.5 Å². The number of anilines is 1. The number of rotatable bonds is 7. The van der Waals surface area contributed by atoms with Crippen molar-refractivity contribution in [1.82, 2.24) is 9.47 Å². The molecule has 0 aliphatic carbocycles. The highest BCUT2D eigenvalue weighted by molar-refractivity contribution is 5.88. The number of amides is 2. The highest BCUT2D eigenvalue weighted by Gasteiger charge is 2.19. The molecule has 1 aliphatic rings. The van der Waals surface area contributed by atoms with E-state index in [1.165, 1.54) is 30.2 Å². The molecule has 0 unspecified atom stereocenters. The molecule has 192 valence electrons. The zero-order valence-corrected chi connectivity index (χ0v) is 21.4. The summed E-state index contributed by atoms with van der Waals surface area (Å²) in [6.45, 7) is 2.81. The van der Waals surface area contributed by atoms with Crippen molar-refractivity contribution in [3.63, 3.8) is 0 Å². The monoisotopic (exact) mass is 507 g/mol. The molecule has 5 nitrogen and oxygen atoms in total. The molecule has 1 aromatic heterocycles. The Hall–Kier alpha value is -4.45. The summed E-state index contributed by atoms with van der Waals surface area (Å²) in [5.74, 6) is -0.290. The van der Waals surface area contributed by atoms with E-state index in [0.29, 0.717) is 31.6 Å². The summed E-state index contributed by atoms with van der Waals surface area (Å²) in [6.07, 6.45) is 3.97. The Labute approximate surface area is 222 Å². The first-order chi connectivity index (χ1) is 18.5. The molecule has 1 aliphatic heterocycles. The van der Waals surface area contributed by atoms with E-state index in [2.05, 4.69) is 28.1 Å². The van der Waals surface area contributed by atoms with E-state index in [9.17, 15) is 14.0 Å². The van der Waals surface area contributed by atoms with Crippen LogP contribution in [0.2, 0.25) is 0 Å². The van der Waals surface area contributed by atoms with Crippen molar-refractivity contribution in [1.29, 1.82) is 0 Å². The van der Waals surface area contributed by atoms with Gasteiger partial charge in [0.2, 0.25) is 11.8 Å². The summed E-state index contributed by atoms with van der Waals surface area (Å²) in [6, 6.07) is 28.3. The Kier molecular flexibility index (Phi) is 7.50. The Bertz CT molecular complexity index is 1460. The molecule has 0 bridgehead atoms. The Morgan fingerprint density at radius 1 is 0.868 bits per heavy atom. The third kappa shape index (κ3) is 5.75. The molecule has 38 heavy (non-hydrogen) atoms. The van der Waals surface area contributed by atoms with Gasteiger partial charge in [-0.1, -0.05) is 36.4 Å². The minimum atomic E-state index is -0.289. The van der Waals surface area contributed by atoms with Crippen LogP contribution in [0.4, 0.5) is 10.1 Å². The maximum absolute atomic E-state index is 13.6. The Balaban J connectivity index is 1.35. The summed E-state index contributed by atoms with van der Waals surface area (Å²) >= 11 is 0. The number of aromatic nitrogens is 1. The van der Waals surface area contributed by atoms with E-state index in [-0.39, 0.29) is 17.6 Å². The van der Waals surface area contributed by atoms with E-state index in [1.54, 1.807) is 12.1 Å². The lowest BCUT2D eigenvalue weighted by Gasteiger charge is -2.27. The van der Waals surface area contributed by atoms with Crippen LogP contribution >= 0.6 is 0 Å². The molecule has 0 saturated carbocycles. The van der Waals surface area contributed by atoms with Crippen molar-refractivity contribution in [3.8, 4) is 16.9 Å². The molecule has 2 heterocycles. The van der Waals surface area contributed by atoms with Gasteiger partial charge in [-0.25, -0.2) is 4.39 Å². The molecular weight excluding hydrogens is 477 g/mol. The van der Waals surface area contributed by atoms with Crippen LogP contribution in [-0.2, 0) is 16.0 Å². The predicted octanol–water partition coefficient (Wildman–Crippen LogP) is 6.49. The van der Waals surface area contributed by atoms with Crippen LogP contribution in [0.1, 0.15) is 31.0 Å². The lowest BCUT2D eigenvalue weighted by atomic mass is 9.99. The lowest BCUT2D eigenvalue weighted by Crippen LogP contribution is -2.34. The number of nitrogens with zero attached hydrogens (tertiary/aromatic N) is 2. The topological polar surface area (TPSA) is 54.3 Å². The Morgan fingerprint density at radius 3 is 2.26 bits per heavy atom. The quantitative estimate of drug-likeness (QED) is 0.311. The van der Waals surface area contributed by atoms with Gasteiger partial charge in [-0.2, -0.15) is 0 Å². The first-order valence-electron chi connectivity index (χ1n) is 12.8. The first kappa shape index (κ1) is 25.2. The Morgan fingerprint density at radius 2 is 1.61 bits per heavy atom. The van der Waals surface area contributed by atoms with Crippen LogP contribution in [0, 0.1) is 5.82 Å². The zero-order chi connectivity index (χ0) is 26.5. The van der Waals surface area contributed by atoms with E-state index in [0.717, 1.165) is 29.1 Å². The molecule has 2 amide bonds. The van der Waals surface area contributed by atoms with Gasteiger partial charge in [0.15, 0.2) is 0 Å². The summed E-state index contributed by atoms with van der Waals surface area (Å²) in [5.41, 5.74) is 6.89. The number of nitrogens with one attached hydrogen (secondary N) is 1. The fraction of sp³-hybridized carbons (Fsp3) is 0.188. The summed E-state index contributed by atoms with van der Waals surface area (Å²) in [5, 5.41) is 2.79. The number of carbonyl (C=O) groups is 2. The SMILES string of the molecule is CC(=O)Nc1ccc(-n2c(CCC(=O)N3CC=C(c4ccccc4)CC3)ccc2-c2ccc(F)cc2)cc1. The van der Waals surface area contributed by atoms with Gasteiger partial charge < -0.3 is 14.8 Å². The third-order valence-corrected chi connectivity index (χ3v) is 6.85. The zero-order valence-electron chi connectivity index (χ0n) is 21.4. The van der Waals surface area contributed by atoms with E-state index < -0.39 is 0 Å². The second-order valence-electron chi connectivity index (χ2n) is 9.47. The molecule has 4 aromatic rings. The predicted molar refractivity (Wildman–Crippen MR) is 149 cm³/mol. The normalized spacial score (nSPS) is 13.2. The highest BCUT2D eigenvalue weighted by Crippen LogP contribution is 2.29. The first-order valence-corrected chi connectivity index (χ1v) is 12.8. The van der Waals surface area contributed by atoms with Crippen LogP contribution in [0.15, 0.2) is 97.1 Å². The molecule has 6 heteroatoms. The average Bonchev–Trinajstić information content (AvgIpc) is 3.37. The fourth-order valence-electron chi connectivity index (χ4n) is 4.93. The third-order valence-electron chi connectivity index (χ3n) is 6.85. The highest BCUT2D eigenvalue weighted by atomic mass is 19.1. The van der Waals surface area contributed by atoms with Crippen LogP contribution in [0.25, 0.3) is 22.5 Å². The minimum absolute atomic E-state index is 0.130. The smallest absolute Gasteiger partial charge is 0.223 e. The minimum Gasteiger partial charge on any atom is -0.339 e. The van der Waals surface area contributed by atoms with Crippen molar-refractivity contribution in [2.45, 2.75) is 26.2 Å². The van der Waals surface area contributed by atoms with Crippen LogP contribution < -0.4 is 5.32 Å². The van der Waals surface area contributed by atoms with E-state index in [1.807, 2.05) is 59.5 Å². The van der Waals surface area contributed by atoms with Gasteiger partial charge >= 0.3 is 0 Å². The van der Waals surface area contributed by atoms with Crippen molar-refractivity contribution in [2.75, 3.05) is 18.4 Å². The standard InChI is InChI=1S/C32H30FN3O2/c1-23(37)34-28-11-13-29(14-12-28)36-30(15-17-31(36)26-7-9-27(33)10-8-26)16-18-32(38)35-21-19-25(20-22-35)24-5-3-2-4-6-24/h2-15,17,19H,16,18,20-22H2,1H3,(H,34,37). The van der Waals surface area contributed by atoms with Gasteiger partial charge in [-0.3, -0.25) is 9.59 Å². The molecule has 0 atom stereocenters.